The molecule has 0 radical (unpaired) electrons. The molecular formula is C21H19ClN2O4. The summed E-state index contributed by atoms with van der Waals surface area (Å²) in [6, 6.07) is 20.9. The van der Waals surface area contributed by atoms with Crippen LogP contribution in [0.1, 0.15) is 17.2 Å². The average molecular weight is 399 g/mol. The molecule has 144 valence electrons. The van der Waals surface area contributed by atoms with Crippen LogP contribution in [0.25, 0.3) is 0 Å². The van der Waals surface area contributed by atoms with Gasteiger partial charge in [-0.15, -0.1) is 0 Å². The van der Waals surface area contributed by atoms with Gasteiger partial charge in [0.25, 0.3) is 0 Å². The van der Waals surface area contributed by atoms with Gasteiger partial charge in [0.1, 0.15) is 5.75 Å². The van der Waals surface area contributed by atoms with Crippen LogP contribution in [0.3, 0.4) is 0 Å². The molecule has 0 fully saturated rings. The molecule has 7 heteroatoms. The van der Waals surface area contributed by atoms with E-state index in [0.717, 1.165) is 11.1 Å². The topological polar surface area (TPSA) is 84.6 Å². The van der Waals surface area contributed by atoms with Gasteiger partial charge in [-0.3, -0.25) is 10.1 Å². The van der Waals surface area contributed by atoms with E-state index in [1.807, 2.05) is 42.5 Å². The molecule has 28 heavy (non-hydrogen) atoms. The summed E-state index contributed by atoms with van der Waals surface area (Å²) in [7, 11) is 0. The quantitative estimate of drug-likeness (QED) is 0.418. The monoisotopic (exact) mass is 398 g/mol. The Labute approximate surface area is 167 Å². The van der Waals surface area contributed by atoms with Crippen molar-refractivity contribution < 1.29 is 14.8 Å². The molecule has 3 aromatic rings. The van der Waals surface area contributed by atoms with E-state index >= 15 is 0 Å². The van der Waals surface area contributed by atoms with Gasteiger partial charge in [0.2, 0.25) is 5.75 Å². The number of nitro benzene ring substituents is 1. The first kappa shape index (κ1) is 19.8. The van der Waals surface area contributed by atoms with E-state index < -0.39 is 11.0 Å². The lowest BCUT2D eigenvalue weighted by Crippen LogP contribution is -2.20. The van der Waals surface area contributed by atoms with Gasteiger partial charge in [0.15, 0.2) is 0 Å². The molecule has 1 atom stereocenters. The van der Waals surface area contributed by atoms with E-state index in [0.29, 0.717) is 18.8 Å². The molecular weight excluding hydrogens is 380 g/mol. The van der Waals surface area contributed by atoms with Crippen LogP contribution in [-0.4, -0.2) is 16.6 Å². The van der Waals surface area contributed by atoms with Crippen LogP contribution in [0.2, 0.25) is 5.02 Å². The van der Waals surface area contributed by atoms with Crippen LogP contribution in [0.5, 0.6) is 11.5 Å². The summed E-state index contributed by atoms with van der Waals surface area (Å²) in [6.45, 7) is 1.00. The maximum absolute atomic E-state index is 11.1. The first-order chi connectivity index (χ1) is 13.5. The molecule has 0 bridgehead atoms. The van der Waals surface area contributed by atoms with E-state index in [9.17, 15) is 15.2 Å². The fraction of sp³-hybridized carbons (Fsp3) is 0.143. The summed E-state index contributed by atoms with van der Waals surface area (Å²) in [5, 5.41) is 24.8. The predicted octanol–water partition coefficient (Wildman–Crippen LogP) is 4.86. The minimum atomic E-state index is -0.575. The van der Waals surface area contributed by atoms with Crippen molar-refractivity contribution in [1.82, 2.24) is 5.32 Å². The van der Waals surface area contributed by atoms with Crippen molar-refractivity contribution in [2.45, 2.75) is 12.6 Å². The number of nitrogens with zero attached hydrogens (tertiary/aromatic N) is 1. The molecule has 6 nitrogen and oxygen atoms in total. The van der Waals surface area contributed by atoms with Gasteiger partial charge in [-0.05, 0) is 35.4 Å². The first-order valence-electron chi connectivity index (χ1n) is 8.67. The van der Waals surface area contributed by atoms with Crippen LogP contribution in [0, 0.1) is 10.1 Å². The predicted molar refractivity (Wildman–Crippen MR) is 108 cm³/mol. The Kier molecular flexibility index (Phi) is 6.60. The highest BCUT2D eigenvalue weighted by atomic mass is 35.5. The minimum absolute atomic E-state index is 0.131. The zero-order chi connectivity index (χ0) is 19.9. The van der Waals surface area contributed by atoms with Gasteiger partial charge < -0.3 is 15.2 Å². The van der Waals surface area contributed by atoms with Crippen molar-refractivity contribution in [2.75, 3.05) is 6.54 Å². The second-order valence-electron chi connectivity index (χ2n) is 6.17. The van der Waals surface area contributed by atoms with E-state index in [-0.39, 0.29) is 16.5 Å². The average Bonchev–Trinajstić information content (AvgIpc) is 2.71. The van der Waals surface area contributed by atoms with Crippen molar-refractivity contribution in [3.63, 3.8) is 0 Å². The molecule has 0 spiro atoms. The Balaban J connectivity index is 1.56. The molecule has 1 unspecified atom stereocenters. The number of hydrogen-bond acceptors (Lipinski definition) is 5. The molecule has 0 saturated heterocycles. The highest BCUT2D eigenvalue weighted by Crippen LogP contribution is 2.33. The number of ether oxygens (including phenoxy) is 1. The maximum atomic E-state index is 11.1. The standard InChI is InChI=1S/C21H19ClN2O4/c22-17-8-11-21(19(12-17)24(26)27)28-18-9-6-15(7-10-18)13-23-14-20(25)16-4-2-1-3-5-16/h1-12,20,23,25H,13-14H2. The van der Waals surface area contributed by atoms with Gasteiger partial charge in [-0.2, -0.15) is 0 Å². The van der Waals surface area contributed by atoms with Crippen molar-refractivity contribution >= 4 is 17.3 Å². The third kappa shape index (κ3) is 5.29. The number of nitro groups is 1. The summed E-state index contributed by atoms with van der Waals surface area (Å²) >= 11 is 5.81. The summed E-state index contributed by atoms with van der Waals surface area (Å²) < 4.78 is 5.62. The summed E-state index contributed by atoms with van der Waals surface area (Å²) in [6.07, 6.45) is -0.575. The lowest BCUT2D eigenvalue weighted by Gasteiger charge is -2.12. The molecule has 0 aliphatic rings. The molecule has 0 aliphatic heterocycles. The van der Waals surface area contributed by atoms with Crippen LogP contribution >= 0.6 is 11.6 Å². The molecule has 2 N–H and O–H groups in total. The fourth-order valence-electron chi connectivity index (χ4n) is 2.67. The number of nitrogens with one attached hydrogen (secondary N) is 1. The van der Waals surface area contributed by atoms with E-state index in [1.165, 1.54) is 12.1 Å². The largest absolute Gasteiger partial charge is 0.450 e. The van der Waals surface area contributed by atoms with Crippen molar-refractivity contribution in [2.24, 2.45) is 0 Å². The van der Waals surface area contributed by atoms with Gasteiger partial charge >= 0.3 is 5.69 Å². The zero-order valence-corrected chi connectivity index (χ0v) is 15.7. The van der Waals surface area contributed by atoms with E-state index in [1.54, 1.807) is 18.2 Å². The highest BCUT2D eigenvalue weighted by Gasteiger charge is 2.16. The Morgan fingerprint density at radius 1 is 1.07 bits per heavy atom. The first-order valence-corrected chi connectivity index (χ1v) is 9.05. The Bertz CT molecular complexity index is 933. The minimum Gasteiger partial charge on any atom is -0.450 e. The fourth-order valence-corrected chi connectivity index (χ4v) is 2.83. The summed E-state index contributed by atoms with van der Waals surface area (Å²) in [5.41, 5.74) is 1.68. The third-order valence-corrected chi connectivity index (χ3v) is 4.36. The summed E-state index contributed by atoms with van der Waals surface area (Å²) in [5.74, 6) is 0.616. The van der Waals surface area contributed by atoms with Crippen LogP contribution in [0.4, 0.5) is 5.69 Å². The van der Waals surface area contributed by atoms with Crippen LogP contribution in [-0.2, 0) is 6.54 Å². The van der Waals surface area contributed by atoms with Gasteiger partial charge in [-0.25, -0.2) is 0 Å². The van der Waals surface area contributed by atoms with Crippen LogP contribution in [0.15, 0.2) is 72.8 Å². The molecule has 0 heterocycles. The molecule has 0 amide bonds. The summed E-state index contributed by atoms with van der Waals surface area (Å²) in [4.78, 5) is 10.6. The Morgan fingerprint density at radius 3 is 2.46 bits per heavy atom. The van der Waals surface area contributed by atoms with Crippen molar-refractivity contribution in [3.8, 4) is 11.5 Å². The second-order valence-corrected chi connectivity index (χ2v) is 6.61. The second kappa shape index (κ2) is 9.32. The molecule has 0 aliphatic carbocycles. The Hall–Kier alpha value is -2.93. The maximum Gasteiger partial charge on any atom is 0.313 e. The zero-order valence-electron chi connectivity index (χ0n) is 14.9. The van der Waals surface area contributed by atoms with E-state index in [2.05, 4.69) is 5.32 Å². The highest BCUT2D eigenvalue weighted by molar-refractivity contribution is 6.30. The normalized spacial score (nSPS) is 11.8. The number of rotatable bonds is 8. The molecule has 3 rings (SSSR count). The number of aliphatic hydroxyl groups is 1. The third-order valence-electron chi connectivity index (χ3n) is 4.12. The van der Waals surface area contributed by atoms with E-state index in [4.69, 9.17) is 16.3 Å². The van der Waals surface area contributed by atoms with Crippen molar-refractivity contribution in [3.05, 3.63) is 99.1 Å². The van der Waals surface area contributed by atoms with Gasteiger partial charge in [0, 0.05) is 24.2 Å². The molecule has 0 saturated carbocycles. The molecule has 3 aromatic carbocycles. The Morgan fingerprint density at radius 2 is 1.79 bits per heavy atom. The number of benzene rings is 3. The van der Waals surface area contributed by atoms with Gasteiger partial charge in [-0.1, -0.05) is 54.1 Å². The number of aliphatic hydroxyl groups excluding tert-OH is 1. The SMILES string of the molecule is O=[N+]([O-])c1cc(Cl)ccc1Oc1ccc(CNCC(O)c2ccccc2)cc1. The smallest absolute Gasteiger partial charge is 0.313 e. The number of hydrogen-bond donors (Lipinski definition) is 2. The van der Waals surface area contributed by atoms with Crippen molar-refractivity contribution in [1.29, 1.82) is 0 Å². The lowest BCUT2D eigenvalue weighted by molar-refractivity contribution is -0.385. The van der Waals surface area contributed by atoms with Crippen LogP contribution < -0.4 is 10.1 Å². The number of halogens is 1. The molecule has 0 aromatic heterocycles. The lowest BCUT2D eigenvalue weighted by atomic mass is 10.1. The van der Waals surface area contributed by atoms with Gasteiger partial charge in [0.05, 0.1) is 11.0 Å².